The van der Waals surface area contributed by atoms with Gasteiger partial charge in [-0.3, -0.25) is 4.79 Å². The van der Waals surface area contributed by atoms with E-state index in [1.807, 2.05) is 0 Å². The zero-order chi connectivity index (χ0) is 15.5. The van der Waals surface area contributed by atoms with Gasteiger partial charge in [-0.05, 0) is 19.1 Å². The maximum Gasteiger partial charge on any atom is 0.586 e. The molecule has 1 heterocycles. The molecular formula is C13H11F2NO5. The number of carbonyl (C=O) groups excluding carboxylic acids is 2. The van der Waals surface area contributed by atoms with Gasteiger partial charge in [-0.25, -0.2) is 4.79 Å². The van der Waals surface area contributed by atoms with Crippen LogP contribution in [0.15, 0.2) is 30.4 Å². The van der Waals surface area contributed by atoms with E-state index < -0.39 is 24.8 Å². The smallest absolute Gasteiger partial charge is 0.452 e. The van der Waals surface area contributed by atoms with Gasteiger partial charge in [-0.2, -0.15) is 0 Å². The van der Waals surface area contributed by atoms with Crippen LogP contribution >= 0.6 is 0 Å². The van der Waals surface area contributed by atoms with E-state index in [2.05, 4.69) is 19.5 Å². The average Bonchev–Trinajstić information content (AvgIpc) is 2.70. The van der Waals surface area contributed by atoms with E-state index in [0.29, 0.717) is 0 Å². The highest BCUT2D eigenvalue weighted by molar-refractivity contribution is 5.94. The molecule has 21 heavy (non-hydrogen) atoms. The lowest BCUT2D eigenvalue weighted by molar-refractivity contribution is -0.286. The number of benzene rings is 1. The van der Waals surface area contributed by atoms with Crippen molar-refractivity contribution in [1.29, 1.82) is 0 Å². The second-order valence-electron chi connectivity index (χ2n) is 3.98. The summed E-state index contributed by atoms with van der Waals surface area (Å²) >= 11 is 0. The fourth-order valence-corrected chi connectivity index (χ4v) is 1.54. The number of halogens is 2. The lowest BCUT2D eigenvalue weighted by Crippen LogP contribution is -2.25. The molecule has 1 amide bonds. The van der Waals surface area contributed by atoms with Crippen molar-refractivity contribution < 1.29 is 32.6 Å². The molecule has 0 atom stereocenters. The molecule has 0 aliphatic carbocycles. The molecule has 8 heteroatoms. The van der Waals surface area contributed by atoms with Gasteiger partial charge in [-0.1, -0.05) is 6.08 Å². The van der Waals surface area contributed by atoms with Crippen molar-refractivity contribution in [2.45, 2.75) is 13.2 Å². The number of fused-ring (bicyclic) bond motifs is 1. The van der Waals surface area contributed by atoms with Crippen LogP contribution < -0.4 is 14.8 Å². The van der Waals surface area contributed by atoms with Gasteiger partial charge in [0.05, 0.1) is 0 Å². The monoisotopic (exact) mass is 299 g/mol. The first-order chi connectivity index (χ1) is 9.89. The summed E-state index contributed by atoms with van der Waals surface area (Å²) in [5, 5.41) is 2.38. The van der Waals surface area contributed by atoms with Crippen LogP contribution in [-0.4, -0.2) is 24.8 Å². The van der Waals surface area contributed by atoms with Gasteiger partial charge in [0.1, 0.15) is 0 Å². The minimum Gasteiger partial charge on any atom is -0.452 e. The predicted molar refractivity (Wildman–Crippen MR) is 67.0 cm³/mol. The molecule has 0 fully saturated rings. The fourth-order valence-electron chi connectivity index (χ4n) is 1.54. The van der Waals surface area contributed by atoms with Gasteiger partial charge < -0.3 is 19.5 Å². The third-order valence-corrected chi connectivity index (χ3v) is 2.33. The Labute approximate surface area is 118 Å². The number of carbonyl (C=O) groups is 2. The van der Waals surface area contributed by atoms with Crippen LogP contribution in [0.5, 0.6) is 11.5 Å². The van der Waals surface area contributed by atoms with E-state index >= 15 is 0 Å². The number of nitrogens with one attached hydrogen (secondary N) is 1. The third-order valence-electron chi connectivity index (χ3n) is 2.33. The SMILES string of the molecule is C/C=C\C(=O)OCC(=O)Nc1ccc2c(c1)OC(F)(F)O2. The zero-order valence-electron chi connectivity index (χ0n) is 10.9. The minimum absolute atomic E-state index is 0.127. The van der Waals surface area contributed by atoms with Crippen molar-refractivity contribution in [3.05, 3.63) is 30.4 Å². The number of allylic oxidation sites excluding steroid dienone is 1. The van der Waals surface area contributed by atoms with Crippen molar-refractivity contribution in [3.8, 4) is 11.5 Å². The number of rotatable bonds is 4. The van der Waals surface area contributed by atoms with Gasteiger partial charge in [0, 0.05) is 17.8 Å². The standard InChI is InChI=1S/C13H11F2NO5/c1-2-3-12(18)19-7-11(17)16-8-4-5-9-10(6-8)21-13(14,15)20-9/h2-6H,7H2,1H3,(H,16,17)/b3-2-. The highest BCUT2D eigenvalue weighted by Gasteiger charge is 2.43. The summed E-state index contributed by atoms with van der Waals surface area (Å²) in [7, 11) is 0. The van der Waals surface area contributed by atoms with E-state index in [4.69, 9.17) is 0 Å². The number of ether oxygens (including phenoxy) is 3. The van der Waals surface area contributed by atoms with Crippen molar-refractivity contribution in [2.75, 3.05) is 11.9 Å². The van der Waals surface area contributed by atoms with Gasteiger partial charge in [-0.15, -0.1) is 8.78 Å². The third kappa shape index (κ3) is 3.91. The quantitative estimate of drug-likeness (QED) is 0.680. The first-order valence-corrected chi connectivity index (χ1v) is 5.89. The summed E-state index contributed by atoms with van der Waals surface area (Å²) < 4.78 is 38.7. The molecule has 0 bridgehead atoms. The van der Waals surface area contributed by atoms with Crippen molar-refractivity contribution in [1.82, 2.24) is 0 Å². The van der Waals surface area contributed by atoms with Crippen molar-refractivity contribution in [2.24, 2.45) is 0 Å². The normalized spacial score (nSPS) is 15.0. The van der Waals surface area contributed by atoms with Crippen LogP contribution in [0.3, 0.4) is 0 Å². The van der Waals surface area contributed by atoms with Gasteiger partial charge in [0.15, 0.2) is 18.1 Å². The molecule has 1 N–H and O–H groups in total. The topological polar surface area (TPSA) is 73.9 Å². The summed E-state index contributed by atoms with van der Waals surface area (Å²) in [5.41, 5.74) is 0.210. The van der Waals surface area contributed by atoms with Crippen LogP contribution in [0, 0.1) is 0 Å². The van der Waals surface area contributed by atoms with Crippen LogP contribution in [0.4, 0.5) is 14.5 Å². The van der Waals surface area contributed by atoms with Gasteiger partial charge in [0.2, 0.25) is 0 Å². The molecule has 1 aliphatic heterocycles. The Morgan fingerprint density at radius 1 is 1.33 bits per heavy atom. The van der Waals surface area contributed by atoms with E-state index in [1.54, 1.807) is 6.92 Å². The van der Waals surface area contributed by atoms with Gasteiger partial charge in [0.25, 0.3) is 5.91 Å². The number of alkyl halides is 2. The zero-order valence-corrected chi connectivity index (χ0v) is 10.9. The molecule has 0 aromatic heterocycles. The number of hydrogen-bond donors (Lipinski definition) is 1. The average molecular weight is 299 g/mol. The van der Waals surface area contributed by atoms with Gasteiger partial charge >= 0.3 is 12.3 Å². The lowest BCUT2D eigenvalue weighted by atomic mass is 10.3. The van der Waals surface area contributed by atoms with Crippen LogP contribution in [-0.2, 0) is 14.3 Å². The molecule has 0 saturated carbocycles. The summed E-state index contributed by atoms with van der Waals surface area (Å²) in [4.78, 5) is 22.5. The predicted octanol–water partition coefficient (Wildman–Crippen LogP) is 2.07. The number of hydrogen-bond acceptors (Lipinski definition) is 5. The number of esters is 1. The summed E-state index contributed by atoms with van der Waals surface area (Å²) in [6.45, 7) is 1.14. The first-order valence-electron chi connectivity index (χ1n) is 5.89. The molecule has 6 nitrogen and oxygen atoms in total. The van der Waals surface area contributed by atoms with E-state index in [1.165, 1.54) is 24.3 Å². The Balaban J connectivity index is 1.93. The van der Waals surface area contributed by atoms with Crippen LogP contribution in [0.2, 0.25) is 0 Å². The molecule has 1 aromatic rings. The molecule has 0 spiro atoms. The van der Waals surface area contributed by atoms with E-state index in [9.17, 15) is 18.4 Å². The van der Waals surface area contributed by atoms with Crippen molar-refractivity contribution in [3.63, 3.8) is 0 Å². The highest BCUT2D eigenvalue weighted by atomic mass is 19.3. The first kappa shape index (κ1) is 14.8. The van der Waals surface area contributed by atoms with Crippen molar-refractivity contribution >= 4 is 17.6 Å². The van der Waals surface area contributed by atoms with Crippen LogP contribution in [0.1, 0.15) is 6.92 Å². The summed E-state index contributed by atoms with van der Waals surface area (Å²) in [6, 6.07) is 3.77. The van der Waals surface area contributed by atoms with Crippen LogP contribution in [0.25, 0.3) is 0 Å². The number of amides is 1. The Kier molecular flexibility index (Phi) is 4.06. The maximum absolute atomic E-state index is 12.8. The lowest BCUT2D eigenvalue weighted by Gasteiger charge is -2.06. The van der Waals surface area contributed by atoms with E-state index in [-0.39, 0.29) is 17.2 Å². The highest BCUT2D eigenvalue weighted by Crippen LogP contribution is 2.42. The fraction of sp³-hybridized carbons (Fsp3) is 0.231. The molecule has 0 saturated heterocycles. The van der Waals surface area contributed by atoms with E-state index in [0.717, 1.165) is 6.08 Å². The molecule has 0 unspecified atom stereocenters. The Morgan fingerprint density at radius 2 is 2.05 bits per heavy atom. The molecule has 0 radical (unpaired) electrons. The molecule has 112 valence electrons. The molecule has 1 aromatic carbocycles. The second-order valence-corrected chi connectivity index (χ2v) is 3.98. The molecule has 2 rings (SSSR count). The second kappa shape index (κ2) is 5.78. The molecular weight excluding hydrogens is 288 g/mol. The Bertz CT molecular complexity index is 600. The largest absolute Gasteiger partial charge is 0.586 e. The minimum atomic E-state index is -3.72. The molecule has 1 aliphatic rings. The Hall–Kier alpha value is -2.64. The Morgan fingerprint density at radius 3 is 2.76 bits per heavy atom. The maximum atomic E-state index is 12.8. The summed E-state index contributed by atoms with van der Waals surface area (Å²) in [6.07, 6.45) is -1.08. The number of anilines is 1. The summed E-state index contributed by atoms with van der Waals surface area (Å²) in [5.74, 6) is -1.59.